The Morgan fingerprint density at radius 2 is 1.86 bits per heavy atom. The molecule has 2 aliphatic rings. The van der Waals surface area contributed by atoms with Crippen molar-refractivity contribution in [1.29, 1.82) is 0 Å². The van der Waals surface area contributed by atoms with Crippen molar-refractivity contribution in [2.24, 2.45) is 11.8 Å². The van der Waals surface area contributed by atoms with Crippen LogP contribution in [-0.4, -0.2) is 62.8 Å². The summed E-state index contributed by atoms with van der Waals surface area (Å²) in [6.45, 7) is 11.0. The van der Waals surface area contributed by atoms with Crippen molar-refractivity contribution >= 4 is 15.9 Å². The Morgan fingerprint density at radius 1 is 1.21 bits per heavy atom. The number of furan rings is 1. The molecule has 0 saturated carbocycles. The zero-order valence-electron chi connectivity index (χ0n) is 17.2. The van der Waals surface area contributed by atoms with Crippen LogP contribution in [0.1, 0.15) is 55.8 Å². The fourth-order valence-corrected chi connectivity index (χ4v) is 6.15. The van der Waals surface area contributed by atoms with Crippen molar-refractivity contribution < 1.29 is 17.6 Å². The predicted molar refractivity (Wildman–Crippen MR) is 108 cm³/mol. The van der Waals surface area contributed by atoms with Crippen molar-refractivity contribution in [3.8, 4) is 0 Å². The van der Waals surface area contributed by atoms with Gasteiger partial charge >= 0.3 is 0 Å². The molecule has 7 nitrogen and oxygen atoms in total. The fraction of sp³-hybridized carbons (Fsp3) is 0.750. The average Bonchev–Trinajstić information content (AvgIpc) is 3.28. The second-order valence-electron chi connectivity index (χ2n) is 8.46. The molecule has 2 fully saturated rings. The minimum atomic E-state index is -3.58. The highest BCUT2D eigenvalue weighted by Gasteiger charge is 2.31. The molecule has 1 aromatic heterocycles. The van der Waals surface area contributed by atoms with Gasteiger partial charge in [0.05, 0.1) is 0 Å². The molecular formula is C20H33N3O4S. The minimum Gasteiger partial charge on any atom is -0.455 e. The first-order chi connectivity index (χ1) is 13.3. The Kier molecular flexibility index (Phi) is 6.83. The van der Waals surface area contributed by atoms with E-state index in [2.05, 4.69) is 24.1 Å². The minimum absolute atomic E-state index is 0.0653. The predicted octanol–water partition coefficient (Wildman–Crippen LogP) is 2.47. The molecule has 0 aliphatic carbocycles. The molecule has 0 aromatic carbocycles. The number of sulfonamides is 1. The number of nitrogens with zero attached hydrogens (tertiary/aromatic N) is 2. The van der Waals surface area contributed by atoms with Gasteiger partial charge < -0.3 is 14.6 Å². The summed E-state index contributed by atoms with van der Waals surface area (Å²) in [6, 6.07) is 1.37. The molecule has 0 radical (unpaired) electrons. The fourth-order valence-electron chi connectivity index (χ4n) is 4.47. The summed E-state index contributed by atoms with van der Waals surface area (Å²) < 4.78 is 32.4. The number of nitrogens with one attached hydrogen (secondary N) is 1. The normalized spacial score (nSPS) is 24.5. The first-order valence-corrected chi connectivity index (χ1v) is 11.8. The van der Waals surface area contributed by atoms with Gasteiger partial charge in [0.15, 0.2) is 5.76 Å². The molecular weight excluding hydrogens is 378 g/mol. The van der Waals surface area contributed by atoms with Gasteiger partial charge in [0.25, 0.3) is 5.91 Å². The van der Waals surface area contributed by atoms with Crippen LogP contribution in [0.5, 0.6) is 0 Å². The Bertz CT molecular complexity index is 773. The van der Waals surface area contributed by atoms with Gasteiger partial charge in [-0.2, -0.15) is 4.31 Å². The van der Waals surface area contributed by atoms with E-state index in [4.69, 9.17) is 4.42 Å². The van der Waals surface area contributed by atoms with E-state index in [9.17, 15) is 13.2 Å². The average molecular weight is 412 g/mol. The third kappa shape index (κ3) is 4.96. The highest BCUT2D eigenvalue weighted by Crippen LogP contribution is 2.26. The zero-order chi connectivity index (χ0) is 20.3. The van der Waals surface area contributed by atoms with Crippen LogP contribution in [0.2, 0.25) is 0 Å². The number of carbonyl (C=O) groups excluding carboxylic acids is 1. The van der Waals surface area contributed by atoms with Crippen molar-refractivity contribution in [2.75, 3.05) is 39.3 Å². The first kappa shape index (κ1) is 21.3. The molecule has 2 atom stereocenters. The number of aryl methyl sites for hydroxylation is 1. The molecule has 2 aliphatic heterocycles. The van der Waals surface area contributed by atoms with E-state index in [1.165, 1.54) is 16.8 Å². The molecule has 158 valence electrons. The molecule has 2 unspecified atom stereocenters. The summed E-state index contributed by atoms with van der Waals surface area (Å²) in [6.07, 6.45) is 3.90. The maximum atomic E-state index is 12.7. The van der Waals surface area contributed by atoms with Crippen LogP contribution in [0.3, 0.4) is 0 Å². The Morgan fingerprint density at radius 3 is 2.50 bits per heavy atom. The van der Waals surface area contributed by atoms with Crippen LogP contribution in [0.15, 0.2) is 15.4 Å². The Labute approximate surface area is 168 Å². The van der Waals surface area contributed by atoms with E-state index in [0.29, 0.717) is 19.6 Å². The molecule has 3 rings (SSSR count). The van der Waals surface area contributed by atoms with Crippen molar-refractivity contribution in [1.82, 2.24) is 14.5 Å². The van der Waals surface area contributed by atoms with Crippen LogP contribution in [0.4, 0.5) is 0 Å². The van der Waals surface area contributed by atoms with Crippen molar-refractivity contribution in [3.05, 3.63) is 17.6 Å². The standard InChI is InChI=1S/C20H33N3O4S/c1-15-11-16(2)14-22(13-15)8-6-7-21-20(24)18-12-19(17(3)27-18)28(25,26)23-9-4-5-10-23/h12,15-16H,4-11,13-14H2,1-3H3,(H,21,24). The lowest BCUT2D eigenvalue weighted by molar-refractivity contribution is 0.0918. The largest absolute Gasteiger partial charge is 0.455 e. The topological polar surface area (TPSA) is 82.9 Å². The van der Waals surface area contributed by atoms with E-state index < -0.39 is 10.0 Å². The molecule has 0 spiro atoms. The number of rotatable bonds is 7. The second-order valence-corrected chi connectivity index (χ2v) is 10.4. The van der Waals surface area contributed by atoms with Crippen LogP contribution < -0.4 is 5.32 Å². The SMILES string of the molecule is Cc1oc(C(=O)NCCCN2CC(C)CC(C)C2)cc1S(=O)(=O)N1CCCC1. The highest BCUT2D eigenvalue weighted by atomic mass is 32.2. The molecule has 1 N–H and O–H groups in total. The third-order valence-corrected chi connectivity index (χ3v) is 7.67. The van der Waals surface area contributed by atoms with Gasteiger partial charge in [-0.3, -0.25) is 4.79 Å². The van der Waals surface area contributed by atoms with Crippen LogP contribution in [0, 0.1) is 18.8 Å². The molecule has 1 aromatic rings. The van der Waals surface area contributed by atoms with E-state index in [1.807, 2.05) is 0 Å². The van der Waals surface area contributed by atoms with E-state index >= 15 is 0 Å². The van der Waals surface area contributed by atoms with E-state index in [0.717, 1.165) is 50.7 Å². The molecule has 3 heterocycles. The van der Waals surface area contributed by atoms with Gasteiger partial charge in [0.1, 0.15) is 10.7 Å². The molecule has 2 saturated heterocycles. The molecule has 28 heavy (non-hydrogen) atoms. The highest BCUT2D eigenvalue weighted by molar-refractivity contribution is 7.89. The number of hydrogen-bond acceptors (Lipinski definition) is 5. The molecule has 0 bridgehead atoms. The third-order valence-electron chi connectivity index (χ3n) is 5.66. The smallest absolute Gasteiger partial charge is 0.287 e. The summed E-state index contributed by atoms with van der Waals surface area (Å²) in [7, 11) is -3.58. The summed E-state index contributed by atoms with van der Waals surface area (Å²) in [5, 5.41) is 2.85. The van der Waals surface area contributed by atoms with Crippen molar-refractivity contribution in [3.63, 3.8) is 0 Å². The molecule has 1 amide bonds. The number of hydrogen-bond donors (Lipinski definition) is 1. The van der Waals surface area contributed by atoms with Crippen LogP contribution in [0.25, 0.3) is 0 Å². The van der Waals surface area contributed by atoms with Crippen LogP contribution in [-0.2, 0) is 10.0 Å². The monoisotopic (exact) mass is 411 g/mol. The van der Waals surface area contributed by atoms with Gasteiger partial charge in [0, 0.05) is 38.8 Å². The lowest BCUT2D eigenvalue weighted by atomic mass is 9.92. The maximum Gasteiger partial charge on any atom is 0.287 e. The second kappa shape index (κ2) is 8.97. The number of carbonyl (C=O) groups is 1. The summed E-state index contributed by atoms with van der Waals surface area (Å²) >= 11 is 0. The Hall–Kier alpha value is -1.38. The van der Waals surface area contributed by atoms with E-state index in [-0.39, 0.29) is 22.3 Å². The summed E-state index contributed by atoms with van der Waals surface area (Å²) in [4.78, 5) is 15.0. The quantitative estimate of drug-likeness (QED) is 0.697. The first-order valence-electron chi connectivity index (χ1n) is 10.4. The molecule has 8 heteroatoms. The number of likely N-dealkylation sites (tertiary alicyclic amines) is 1. The lowest BCUT2D eigenvalue weighted by Gasteiger charge is -2.34. The van der Waals surface area contributed by atoms with Crippen LogP contribution >= 0.6 is 0 Å². The zero-order valence-corrected chi connectivity index (χ0v) is 18.1. The maximum absolute atomic E-state index is 12.7. The van der Waals surface area contributed by atoms with Gasteiger partial charge in [-0.15, -0.1) is 0 Å². The lowest BCUT2D eigenvalue weighted by Crippen LogP contribution is -2.40. The number of amides is 1. The van der Waals surface area contributed by atoms with Gasteiger partial charge in [-0.25, -0.2) is 8.42 Å². The Balaban J connectivity index is 1.51. The van der Waals surface area contributed by atoms with Gasteiger partial charge in [0.2, 0.25) is 10.0 Å². The van der Waals surface area contributed by atoms with E-state index in [1.54, 1.807) is 6.92 Å². The van der Waals surface area contributed by atoms with Gasteiger partial charge in [-0.05, 0) is 51.0 Å². The van der Waals surface area contributed by atoms with Gasteiger partial charge in [-0.1, -0.05) is 13.8 Å². The van der Waals surface area contributed by atoms with Crippen molar-refractivity contribution in [2.45, 2.75) is 51.3 Å². The number of piperidine rings is 1. The summed E-state index contributed by atoms with van der Waals surface area (Å²) in [5.74, 6) is 1.43. The summed E-state index contributed by atoms with van der Waals surface area (Å²) in [5.41, 5.74) is 0.